The van der Waals surface area contributed by atoms with Gasteiger partial charge in [0.2, 0.25) is 0 Å². The number of nitrogens with one attached hydrogen (secondary N) is 2. The van der Waals surface area contributed by atoms with Gasteiger partial charge >= 0.3 is 0 Å². The van der Waals surface area contributed by atoms with Crippen molar-refractivity contribution in [1.82, 2.24) is 15.0 Å². The molecule has 5 heteroatoms. The minimum absolute atomic E-state index is 0.851. The van der Waals surface area contributed by atoms with Gasteiger partial charge in [0.1, 0.15) is 18.0 Å². The number of nitrogens with zero attached hydrogens (tertiary/aromatic N) is 3. The second-order valence-electron chi connectivity index (χ2n) is 4.86. The number of hydrogen-bond donors (Lipinski definition) is 2. The number of anilines is 2. The fourth-order valence-electron chi connectivity index (χ4n) is 2.25. The van der Waals surface area contributed by atoms with Crippen molar-refractivity contribution in [2.75, 3.05) is 23.7 Å². The Labute approximate surface area is 126 Å². The van der Waals surface area contributed by atoms with Crippen LogP contribution in [0.4, 0.5) is 11.6 Å². The van der Waals surface area contributed by atoms with E-state index in [-0.39, 0.29) is 0 Å². The zero-order valence-electron chi connectivity index (χ0n) is 12.8. The van der Waals surface area contributed by atoms with E-state index in [1.54, 1.807) is 6.33 Å². The molecule has 0 aliphatic rings. The van der Waals surface area contributed by atoms with Gasteiger partial charge in [0.15, 0.2) is 0 Å². The summed E-state index contributed by atoms with van der Waals surface area (Å²) in [6.07, 6.45) is 8.27. The van der Waals surface area contributed by atoms with Gasteiger partial charge in [-0.2, -0.15) is 0 Å². The van der Waals surface area contributed by atoms with E-state index >= 15 is 0 Å². The molecular weight excluding hydrogens is 262 g/mol. The summed E-state index contributed by atoms with van der Waals surface area (Å²) in [7, 11) is 0. The standard InChI is InChI=1S/C16H23N5/c1-3-5-14-15(18-4-2)20-12-21-16(14)19-11-8-13-6-9-17-10-7-13/h6-7,9-10,12H,3-5,8,11H2,1-2H3,(H2,18,19,20,21). The molecule has 0 spiro atoms. The maximum atomic E-state index is 4.40. The third-order valence-electron chi connectivity index (χ3n) is 3.25. The van der Waals surface area contributed by atoms with Gasteiger partial charge in [-0.05, 0) is 37.5 Å². The smallest absolute Gasteiger partial charge is 0.134 e. The summed E-state index contributed by atoms with van der Waals surface area (Å²) in [5, 5.41) is 6.74. The lowest BCUT2D eigenvalue weighted by Gasteiger charge is -2.14. The molecule has 2 aromatic heterocycles. The molecule has 21 heavy (non-hydrogen) atoms. The van der Waals surface area contributed by atoms with Gasteiger partial charge in [-0.3, -0.25) is 4.98 Å². The third-order valence-corrected chi connectivity index (χ3v) is 3.25. The summed E-state index contributed by atoms with van der Waals surface area (Å²) in [6, 6.07) is 4.08. The predicted octanol–water partition coefficient (Wildman–Crippen LogP) is 2.91. The maximum Gasteiger partial charge on any atom is 0.134 e. The molecule has 0 atom stereocenters. The van der Waals surface area contributed by atoms with E-state index in [1.165, 1.54) is 11.1 Å². The number of hydrogen-bond acceptors (Lipinski definition) is 5. The van der Waals surface area contributed by atoms with Gasteiger partial charge < -0.3 is 10.6 Å². The van der Waals surface area contributed by atoms with Gasteiger partial charge in [0.05, 0.1) is 0 Å². The summed E-state index contributed by atoms with van der Waals surface area (Å²) in [4.78, 5) is 12.8. The monoisotopic (exact) mass is 285 g/mol. The molecule has 0 radical (unpaired) electrons. The van der Waals surface area contributed by atoms with Crippen molar-refractivity contribution in [2.45, 2.75) is 33.1 Å². The van der Waals surface area contributed by atoms with E-state index in [4.69, 9.17) is 0 Å². The summed E-state index contributed by atoms with van der Waals surface area (Å²) < 4.78 is 0. The Morgan fingerprint density at radius 1 is 0.952 bits per heavy atom. The summed E-state index contributed by atoms with van der Waals surface area (Å²) >= 11 is 0. The van der Waals surface area contributed by atoms with Gasteiger partial charge in [0.25, 0.3) is 0 Å². The first kappa shape index (κ1) is 15.2. The van der Waals surface area contributed by atoms with Crippen LogP contribution in [0.15, 0.2) is 30.9 Å². The maximum absolute atomic E-state index is 4.40. The van der Waals surface area contributed by atoms with E-state index in [9.17, 15) is 0 Å². The average molecular weight is 285 g/mol. The summed E-state index contributed by atoms with van der Waals surface area (Å²) in [6.45, 7) is 5.96. The van der Waals surface area contributed by atoms with Crippen molar-refractivity contribution >= 4 is 11.6 Å². The van der Waals surface area contributed by atoms with Crippen LogP contribution in [0.3, 0.4) is 0 Å². The van der Waals surface area contributed by atoms with E-state index in [0.29, 0.717) is 0 Å². The van der Waals surface area contributed by atoms with Gasteiger partial charge in [0, 0.05) is 31.0 Å². The third kappa shape index (κ3) is 4.41. The lowest BCUT2D eigenvalue weighted by Crippen LogP contribution is -2.12. The molecule has 0 bridgehead atoms. The lowest BCUT2D eigenvalue weighted by molar-refractivity contribution is 0.891. The number of pyridine rings is 1. The Morgan fingerprint density at radius 2 is 1.67 bits per heavy atom. The number of aromatic nitrogens is 3. The highest BCUT2D eigenvalue weighted by molar-refractivity contribution is 5.57. The first-order valence-electron chi connectivity index (χ1n) is 7.55. The molecule has 0 aromatic carbocycles. The van der Waals surface area contributed by atoms with Crippen molar-refractivity contribution in [1.29, 1.82) is 0 Å². The van der Waals surface area contributed by atoms with E-state index in [2.05, 4.69) is 39.4 Å². The Bertz CT molecular complexity index is 542. The molecule has 0 saturated carbocycles. The first-order chi connectivity index (χ1) is 10.3. The molecule has 2 rings (SSSR count). The summed E-state index contributed by atoms with van der Waals surface area (Å²) in [5.74, 6) is 1.89. The van der Waals surface area contributed by atoms with Gasteiger partial charge in [-0.15, -0.1) is 0 Å². The normalized spacial score (nSPS) is 10.4. The molecule has 0 unspecified atom stereocenters. The van der Waals surface area contributed by atoms with Crippen molar-refractivity contribution in [2.24, 2.45) is 0 Å². The Balaban J connectivity index is 2.03. The molecule has 0 aliphatic heterocycles. The van der Waals surface area contributed by atoms with Crippen LogP contribution >= 0.6 is 0 Å². The van der Waals surface area contributed by atoms with Crippen LogP contribution in [0.25, 0.3) is 0 Å². The molecule has 0 fully saturated rings. The van der Waals surface area contributed by atoms with Crippen LogP contribution in [-0.2, 0) is 12.8 Å². The van der Waals surface area contributed by atoms with Gasteiger partial charge in [-0.25, -0.2) is 9.97 Å². The average Bonchev–Trinajstić information content (AvgIpc) is 2.51. The molecule has 0 saturated heterocycles. The molecule has 5 nitrogen and oxygen atoms in total. The van der Waals surface area contributed by atoms with Crippen molar-refractivity contribution in [3.8, 4) is 0 Å². The second kappa shape index (κ2) is 8.19. The Hall–Kier alpha value is -2.17. The molecule has 112 valence electrons. The van der Waals surface area contributed by atoms with Crippen LogP contribution in [-0.4, -0.2) is 28.0 Å². The van der Waals surface area contributed by atoms with Crippen LogP contribution in [0.5, 0.6) is 0 Å². The molecule has 2 heterocycles. The highest BCUT2D eigenvalue weighted by Crippen LogP contribution is 2.21. The van der Waals surface area contributed by atoms with E-state index in [0.717, 1.165) is 44.0 Å². The summed E-state index contributed by atoms with van der Waals surface area (Å²) in [5.41, 5.74) is 2.45. The fraction of sp³-hybridized carbons (Fsp3) is 0.438. The van der Waals surface area contributed by atoms with Crippen molar-refractivity contribution in [3.63, 3.8) is 0 Å². The highest BCUT2D eigenvalue weighted by atomic mass is 15.1. The number of rotatable bonds is 8. The van der Waals surface area contributed by atoms with E-state index in [1.807, 2.05) is 24.5 Å². The largest absolute Gasteiger partial charge is 0.370 e. The van der Waals surface area contributed by atoms with Crippen LogP contribution in [0.2, 0.25) is 0 Å². The second-order valence-corrected chi connectivity index (χ2v) is 4.86. The quantitative estimate of drug-likeness (QED) is 0.781. The molecule has 0 aliphatic carbocycles. The van der Waals surface area contributed by atoms with Crippen molar-refractivity contribution in [3.05, 3.63) is 42.0 Å². The molecular formula is C16H23N5. The zero-order chi connectivity index (χ0) is 14.9. The minimum Gasteiger partial charge on any atom is -0.370 e. The lowest BCUT2D eigenvalue weighted by atomic mass is 10.1. The zero-order valence-corrected chi connectivity index (χ0v) is 12.8. The van der Waals surface area contributed by atoms with Crippen molar-refractivity contribution < 1.29 is 0 Å². The SMILES string of the molecule is CCCc1c(NCC)ncnc1NCCc1ccncc1. The van der Waals surface area contributed by atoms with Gasteiger partial charge in [-0.1, -0.05) is 13.3 Å². The molecule has 2 aromatic rings. The van der Waals surface area contributed by atoms with Crippen LogP contribution in [0.1, 0.15) is 31.4 Å². The topological polar surface area (TPSA) is 62.7 Å². The van der Waals surface area contributed by atoms with E-state index < -0.39 is 0 Å². The Kier molecular flexibility index (Phi) is 5.94. The molecule has 0 amide bonds. The highest BCUT2D eigenvalue weighted by Gasteiger charge is 2.09. The molecule has 2 N–H and O–H groups in total. The first-order valence-corrected chi connectivity index (χ1v) is 7.55. The minimum atomic E-state index is 0.851. The van der Waals surface area contributed by atoms with Crippen LogP contribution < -0.4 is 10.6 Å². The fourth-order valence-corrected chi connectivity index (χ4v) is 2.25. The Morgan fingerprint density at radius 3 is 2.33 bits per heavy atom. The van der Waals surface area contributed by atoms with Crippen LogP contribution in [0, 0.1) is 0 Å². The predicted molar refractivity (Wildman–Crippen MR) is 86.6 cm³/mol.